The standard InChI is InChI=1S/C22H15N7O6/c30-27(31)18-8-6-17(7-9-18)26-14-16(22(25-26)15-4-2-1-3-5-15)13-23-24-20-11-10-19(28(32)33)12-21(20)29(34)35/h1-14,24H/b23-13-. The van der Waals surface area contributed by atoms with Gasteiger partial charge in [0.25, 0.3) is 11.4 Å². The second kappa shape index (κ2) is 9.58. The summed E-state index contributed by atoms with van der Waals surface area (Å²) in [6, 6.07) is 18.2. The molecule has 35 heavy (non-hydrogen) atoms. The molecule has 0 saturated heterocycles. The lowest BCUT2D eigenvalue weighted by Crippen LogP contribution is -1.98. The third-order valence-corrected chi connectivity index (χ3v) is 4.89. The van der Waals surface area contributed by atoms with Gasteiger partial charge in [0.1, 0.15) is 11.4 Å². The van der Waals surface area contributed by atoms with Crippen LogP contribution in [0, 0.1) is 30.3 Å². The van der Waals surface area contributed by atoms with Crippen LogP contribution in [0.4, 0.5) is 22.7 Å². The fourth-order valence-electron chi connectivity index (χ4n) is 3.21. The second-order valence-corrected chi connectivity index (χ2v) is 7.10. The molecule has 4 rings (SSSR count). The van der Waals surface area contributed by atoms with Crippen LogP contribution in [0.2, 0.25) is 0 Å². The number of nitrogens with one attached hydrogen (secondary N) is 1. The predicted octanol–water partition coefficient (Wildman–Crippen LogP) is 4.71. The molecule has 0 radical (unpaired) electrons. The van der Waals surface area contributed by atoms with Crippen molar-refractivity contribution < 1.29 is 14.8 Å². The van der Waals surface area contributed by atoms with Crippen molar-refractivity contribution in [3.63, 3.8) is 0 Å². The topological polar surface area (TPSA) is 172 Å². The maximum atomic E-state index is 11.3. The van der Waals surface area contributed by atoms with E-state index in [0.29, 0.717) is 16.9 Å². The van der Waals surface area contributed by atoms with E-state index in [-0.39, 0.29) is 11.4 Å². The molecule has 1 heterocycles. The van der Waals surface area contributed by atoms with Gasteiger partial charge in [0.15, 0.2) is 0 Å². The molecule has 1 N–H and O–H groups in total. The molecule has 13 nitrogen and oxygen atoms in total. The van der Waals surface area contributed by atoms with Gasteiger partial charge in [-0.05, 0) is 18.2 Å². The van der Waals surface area contributed by atoms with Crippen molar-refractivity contribution in [3.05, 3.63) is 115 Å². The summed E-state index contributed by atoms with van der Waals surface area (Å²) in [5, 5.41) is 41.8. The molecule has 0 spiro atoms. The predicted molar refractivity (Wildman–Crippen MR) is 127 cm³/mol. The van der Waals surface area contributed by atoms with Crippen LogP contribution >= 0.6 is 0 Å². The number of benzene rings is 3. The Morgan fingerprint density at radius 2 is 1.49 bits per heavy atom. The fourth-order valence-corrected chi connectivity index (χ4v) is 3.21. The minimum atomic E-state index is -0.743. The van der Waals surface area contributed by atoms with Gasteiger partial charge in [0.05, 0.1) is 32.7 Å². The van der Waals surface area contributed by atoms with Crippen molar-refractivity contribution in [1.82, 2.24) is 9.78 Å². The van der Waals surface area contributed by atoms with E-state index in [2.05, 4.69) is 15.6 Å². The normalized spacial score (nSPS) is 10.9. The minimum absolute atomic E-state index is 0.0270. The van der Waals surface area contributed by atoms with Crippen LogP contribution in [0.1, 0.15) is 5.56 Å². The Hall–Kier alpha value is -5.46. The van der Waals surface area contributed by atoms with Crippen LogP contribution in [0.15, 0.2) is 84.1 Å². The Morgan fingerprint density at radius 3 is 2.11 bits per heavy atom. The number of nitrogens with zero attached hydrogens (tertiary/aromatic N) is 6. The maximum absolute atomic E-state index is 11.3. The number of hydrazone groups is 1. The van der Waals surface area contributed by atoms with Crippen LogP contribution in [-0.2, 0) is 0 Å². The van der Waals surface area contributed by atoms with Crippen LogP contribution in [-0.4, -0.2) is 30.8 Å². The zero-order valence-electron chi connectivity index (χ0n) is 17.7. The van der Waals surface area contributed by atoms with Gasteiger partial charge in [0.2, 0.25) is 0 Å². The van der Waals surface area contributed by atoms with Gasteiger partial charge in [-0.2, -0.15) is 10.2 Å². The van der Waals surface area contributed by atoms with Gasteiger partial charge >= 0.3 is 5.69 Å². The molecular formula is C22H15N7O6. The Balaban J connectivity index is 1.68. The molecule has 0 bridgehead atoms. The SMILES string of the molecule is O=[N+]([O-])c1ccc(-n2cc(/C=N\Nc3ccc([N+](=O)[O-])cc3[N+](=O)[O-])c(-c3ccccc3)n2)cc1. The van der Waals surface area contributed by atoms with E-state index in [9.17, 15) is 30.3 Å². The first-order chi connectivity index (χ1) is 16.8. The van der Waals surface area contributed by atoms with Gasteiger partial charge in [0, 0.05) is 35.5 Å². The molecule has 174 valence electrons. The van der Waals surface area contributed by atoms with E-state index >= 15 is 0 Å². The Bertz CT molecular complexity index is 1450. The summed E-state index contributed by atoms with van der Waals surface area (Å²) in [5.74, 6) is 0. The Labute approximate surface area is 196 Å². The monoisotopic (exact) mass is 473 g/mol. The van der Waals surface area contributed by atoms with Gasteiger partial charge < -0.3 is 0 Å². The first kappa shape index (κ1) is 22.7. The van der Waals surface area contributed by atoms with Crippen molar-refractivity contribution in [3.8, 4) is 16.9 Å². The van der Waals surface area contributed by atoms with Crippen molar-refractivity contribution >= 4 is 29.0 Å². The van der Waals surface area contributed by atoms with E-state index < -0.39 is 26.1 Å². The van der Waals surface area contributed by atoms with Crippen LogP contribution in [0.25, 0.3) is 16.9 Å². The number of aromatic nitrogens is 2. The number of nitro benzene ring substituents is 3. The number of non-ortho nitro benzene ring substituents is 2. The van der Waals surface area contributed by atoms with E-state index in [4.69, 9.17) is 0 Å². The average molecular weight is 473 g/mol. The summed E-state index contributed by atoms with van der Waals surface area (Å²) in [5.41, 5.74) is 4.00. The zero-order valence-corrected chi connectivity index (χ0v) is 17.7. The van der Waals surface area contributed by atoms with E-state index in [1.54, 1.807) is 18.3 Å². The van der Waals surface area contributed by atoms with Crippen LogP contribution in [0.5, 0.6) is 0 Å². The highest BCUT2D eigenvalue weighted by molar-refractivity contribution is 5.89. The highest BCUT2D eigenvalue weighted by atomic mass is 16.6. The first-order valence-electron chi connectivity index (χ1n) is 9.95. The fraction of sp³-hybridized carbons (Fsp3) is 0. The van der Waals surface area contributed by atoms with Crippen molar-refractivity contribution in [1.29, 1.82) is 0 Å². The summed E-state index contributed by atoms with van der Waals surface area (Å²) >= 11 is 0. The lowest BCUT2D eigenvalue weighted by Gasteiger charge is -2.02. The summed E-state index contributed by atoms with van der Waals surface area (Å²) in [7, 11) is 0. The summed E-state index contributed by atoms with van der Waals surface area (Å²) < 4.78 is 1.53. The molecule has 0 aliphatic carbocycles. The molecular weight excluding hydrogens is 458 g/mol. The molecule has 3 aromatic carbocycles. The zero-order chi connectivity index (χ0) is 24.9. The second-order valence-electron chi connectivity index (χ2n) is 7.10. The number of hydrogen-bond donors (Lipinski definition) is 1. The molecule has 0 aliphatic rings. The number of nitro groups is 3. The highest BCUT2D eigenvalue weighted by Gasteiger charge is 2.19. The lowest BCUT2D eigenvalue weighted by atomic mass is 10.1. The Morgan fingerprint density at radius 1 is 0.829 bits per heavy atom. The van der Waals surface area contributed by atoms with Crippen molar-refractivity contribution in [2.75, 3.05) is 5.43 Å². The lowest BCUT2D eigenvalue weighted by molar-refractivity contribution is -0.393. The van der Waals surface area contributed by atoms with E-state index in [0.717, 1.165) is 17.7 Å². The molecule has 0 saturated carbocycles. The van der Waals surface area contributed by atoms with Crippen LogP contribution < -0.4 is 5.43 Å². The van der Waals surface area contributed by atoms with Crippen molar-refractivity contribution in [2.45, 2.75) is 0 Å². The van der Waals surface area contributed by atoms with Gasteiger partial charge in [-0.25, -0.2) is 4.68 Å². The average Bonchev–Trinajstić information content (AvgIpc) is 3.28. The smallest absolute Gasteiger partial charge is 0.272 e. The van der Waals surface area contributed by atoms with Crippen molar-refractivity contribution in [2.24, 2.45) is 5.10 Å². The van der Waals surface area contributed by atoms with Gasteiger partial charge in [-0.15, -0.1) is 0 Å². The summed E-state index contributed by atoms with van der Waals surface area (Å²) in [6.07, 6.45) is 3.06. The molecule has 0 amide bonds. The minimum Gasteiger partial charge on any atom is -0.272 e. The maximum Gasteiger partial charge on any atom is 0.301 e. The number of anilines is 1. The molecule has 1 aromatic heterocycles. The van der Waals surface area contributed by atoms with E-state index in [1.165, 1.54) is 29.1 Å². The molecule has 0 atom stereocenters. The number of hydrogen-bond acceptors (Lipinski definition) is 9. The summed E-state index contributed by atoms with van der Waals surface area (Å²) in [6.45, 7) is 0. The largest absolute Gasteiger partial charge is 0.301 e. The number of rotatable bonds is 8. The highest BCUT2D eigenvalue weighted by Crippen LogP contribution is 2.29. The third-order valence-electron chi connectivity index (χ3n) is 4.89. The molecule has 13 heteroatoms. The van der Waals surface area contributed by atoms with E-state index in [1.807, 2.05) is 30.3 Å². The molecule has 4 aromatic rings. The quantitative estimate of drug-likeness (QED) is 0.218. The third kappa shape index (κ3) is 4.98. The summed E-state index contributed by atoms with van der Waals surface area (Å²) in [4.78, 5) is 31.2. The van der Waals surface area contributed by atoms with Gasteiger partial charge in [-0.1, -0.05) is 30.3 Å². The first-order valence-corrected chi connectivity index (χ1v) is 9.95. The molecule has 0 unspecified atom stereocenters. The molecule has 0 aliphatic heterocycles. The van der Waals surface area contributed by atoms with Crippen LogP contribution in [0.3, 0.4) is 0 Å². The van der Waals surface area contributed by atoms with Gasteiger partial charge in [-0.3, -0.25) is 35.8 Å². The molecule has 0 fully saturated rings. The Kier molecular flexibility index (Phi) is 6.22.